The summed E-state index contributed by atoms with van der Waals surface area (Å²) in [6.45, 7) is -0.328. The van der Waals surface area contributed by atoms with Crippen LogP contribution in [0.2, 0.25) is 0 Å². The van der Waals surface area contributed by atoms with Gasteiger partial charge < -0.3 is 14.4 Å². The van der Waals surface area contributed by atoms with E-state index in [9.17, 15) is 14.4 Å². The third-order valence-corrected chi connectivity index (χ3v) is 2.20. The molecule has 0 aromatic carbocycles. The Kier molecular flexibility index (Phi) is 4.71. The number of rotatable bonds is 5. The van der Waals surface area contributed by atoms with Crippen molar-refractivity contribution in [1.82, 2.24) is 0 Å². The van der Waals surface area contributed by atoms with E-state index in [2.05, 4.69) is 14.4 Å². The molecule has 1 N–H and O–H groups in total. The van der Waals surface area contributed by atoms with Crippen LogP contribution in [0.3, 0.4) is 0 Å². The zero-order valence-electron chi connectivity index (χ0n) is 8.51. The zero-order valence-corrected chi connectivity index (χ0v) is 8.51. The highest BCUT2D eigenvalue weighted by atomic mass is 17.1. The summed E-state index contributed by atoms with van der Waals surface area (Å²) in [5.41, 5.74) is 0. The lowest BCUT2D eigenvalue weighted by molar-refractivity contribution is -0.234. The van der Waals surface area contributed by atoms with Crippen LogP contribution >= 0.6 is 0 Å². The molecule has 0 aromatic heterocycles. The zero-order chi connectivity index (χ0) is 12.0. The summed E-state index contributed by atoms with van der Waals surface area (Å²) >= 11 is 0. The molecule has 1 rings (SSSR count). The number of hydrogen-bond donors (Lipinski definition) is 1. The van der Waals surface area contributed by atoms with E-state index in [0.29, 0.717) is 12.8 Å². The first-order chi connectivity index (χ1) is 7.65. The molecule has 0 unspecified atom stereocenters. The molecule has 90 valence electrons. The van der Waals surface area contributed by atoms with Gasteiger partial charge in [0.2, 0.25) is 6.79 Å². The Morgan fingerprint density at radius 3 is 2.50 bits per heavy atom. The monoisotopic (exact) mass is 232 g/mol. The summed E-state index contributed by atoms with van der Waals surface area (Å²) in [4.78, 5) is 36.3. The molecule has 0 atom stereocenters. The van der Waals surface area contributed by atoms with E-state index in [4.69, 9.17) is 5.26 Å². The van der Waals surface area contributed by atoms with Crippen molar-refractivity contribution < 1.29 is 34.0 Å². The molecule has 0 bridgehead atoms. The molecular formula is C9H12O7. The Morgan fingerprint density at radius 2 is 1.94 bits per heavy atom. The molecular weight excluding hydrogens is 220 g/mol. The molecule has 0 saturated carbocycles. The smallest absolute Gasteiger partial charge is 0.342 e. The first kappa shape index (κ1) is 12.4. The minimum absolute atomic E-state index is 0.0350. The number of hydrogen-bond acceptors (Lipinski definition) is 7. The highest BCUT2D eigenvalue weighted by molar-refractivity contribution is 5.95. The Hall–Kier alpha value is -1.63. The van der Waals surface area contributed by atoms with Crippen LogP contribution in [0.15, 0.2) is 0 Å². The predicted octanol–water partition coefficient (Wildman–Crippen LogP) is 0.237. The van der Waals surface area contributed by atoms with E-state index in [1.807, 2.05) is 0 Å². The van der Waals surface area contributed by atoms with Crippen molar-refractivity contribution in [1.29, 1.82) is 0 Å². The van der Waals surface area contributed by atoms with Gasteiger partial charge in [-0.3, -0.25) is 9.59 Å². The van der Waals surface area contributed by atoms with E-state index < -0.39 is 23.8 Å². The van der Waals surface area contributed by atoms with E-state index in [1.54, 1.807) is 0 Å². The SMILES string of the molecule is O=C(CCCCC1C(=O)OCOC1=O)OO. The summed E-state index contributed by atoms with van der Waals surface area (Å²) in [6, 6.07) is 0. The van der Waals surface area contributed by atoms with Crippen LogP contribution in [0.1, 0.15) is 25.7 Å². The van der Waals surface area contributed by atoms with Crippen LogP contribution in [0.5, 0.6) is 0 Å². The van der Waals surface area contributed by atoms with E-state index >= 15 is 0 Å². The van der Waals surface area contributed by atoms with Crippen LogP contribution < -0.4 is 0 Å². The number of ether oxygens (including phenoxy) is 2. The molecule has 0 spiro atoms. The summed E-state index contributed by atoms with van der Waals surface area (Å²) in [6.07, 6.45) is 1.17. The van der Waals surface area contributed by atoms with E-state index in [-0.39, 0.29) is 19.6 Å². The fourth-order valence-electron chi connectivity index (χ4n) is 1.34. The molecule has 16 heavy (non-hydrogen) atoms. The van der Waals surface area contributed by atoms with Crippen molar-refractivity contribution in [3.63, 3.8) is 0 Å². The fourth-order valence-corrected chi connectivity index (χ4v) is 1.34. The van der Waals surface area contributed by atoms with Crippen molar-refractivity contribution in [2.75, 3.05) is 6.79 Å². The van der Waals surface area contributed by atoms with E-state index in [0.717, 1.165) is 0 Å². The highest BCUT2D eigenvalue weighted by Crippen LogP contribution is 2.17. The summed E-state index contributed by atoms with van der Waals surface area (Å²) in [5, 5.41) is 7.97. The largest absolute Gasteiger partial charge is 0.427 e. The van der Waals surface area contributed by atoms with Crippen LogP contribution in [-0.2, 0) is 28.7 Å². The maximum Gasteiger partial charge on any atom is 0.342 e. The van der Waals surface area contributed by atoms with Crippen LogP contribution in [-0.4, -0.2) is 30.0 Å². The average Bonchev–Trinajstić information content (AvgIpc) is 2.27. The van der Waals surface area contributed by atoms with Gasteiger partial charge in [-0.2, -0.15) is 5.26 Å². The van der Waals surface area contributed by atoms with E-state index in [1.165, 1.54) is 0 Å². The predicted molar refractivity (Wildman–Crippen MR) is 47.7 cm³/mol. The van der Waals surface area contributed by atoms with Gasteiger partial charge in [0.25, 0.3) is 0 Å². The standard InChI is InChI=1S/C9H12O7/c10-7(16-13)4-2-1-3-6-8(11)14-5-15-9(6)12/h6,13H,1-5H2. The normalized spacial score (nSPS) is 16.6. The lowest BCUT2D eigenvalue weighted by atomic mass is 10.0. The van der Waals surface area contributed by atoms with Gasteiger partial charge in [0.15, 0.2) is 5.92 Å². The minimum Gasteiger partial charge on any atom is -0.427 e. The van der Waals surface area contributed by atoms with Gasteiger partial charge in [0.05, 0.1) is 0 Å². The number of carbonyl (C=O) groups excluding carboxylic acids is 3. The third-order valence-electron chi connectivity index (χ3n) is 2.20. The first-order valence-corrected chi connectivity index (χ1v) is 4.82. The minimum atomic E-state index is -0.904. The highest BCUT2D eigenvalue weighted by Gasteiger charge is 2.33. The van der Waals surface area contributed by atoms with Crippen LogP contribution in [0.4, 0.5) is 0 Å². The molecule has 7 heteroatoms. The molecule has 1 aliphatic heterocycles. The Balaban J connectivity index is 2.23. The van der Waals surface area contributed by atoms with Gasteiger partial charge in [-0.05, 0) is 12.8 Å². The van der Waals surface area contributed by atoms with Gasteiger partial charge in [-0.1, -0.05) is 6.42 Å². The molecule has 1 aliphatic rings. The Labute approximate surface area is 91.2 Å². The quantitative estimate of drug-likeness (QED) is 0.238. The molecule has 0 aromatic rings. The van der Waals surface area contributed by atoms with Crippen LogP contribution in [0, 0.1) is 5.92 Å². The summed E-state index contributed by atoms with van der Waals surface area (Å²) in [5.74, 6) is -2.84. The van der Waals surface area contributed by atoms with Crippen molar-refractivity contribution in [3.05, 3.63) is 0 Å². The Bertz CT molecular complexity index is 270. The van der Waals surface area contributed by atoms with Gasteiger partial charge in [-0.25, -0.2) is 4.79 Å². The van der Waals surface area contributed by atoms with Crippen molar-refractivity contribution in [2.24, 2.45) is 5.92 Å². The second-order valence-corrected chi connectivity index (χ2v) is 3.31. The summed E-state index contributed by atoms with van der Waals surface area (Å²) in [7, 11) is 0. The van der Waals surface area contributed by atoms with Crippen molar-refractivity contribution in [2.45, 2.75) is 25.7 Å². The van der Waals surface area contributed by atoms with Gasteiger partial charge in [0, 0.05) is 6.42 Å². The maximum absolute atomic E-state index is 11.1. The molecule has 0 radical (unpaired) electrons. The van der Waals surface area contributed by atoms with Gasteiger partial charge >= 0.3 is 17.9 Å². The number of esters is 2. The molecule has 1 heterocycles. The first-order valence-electron chi connectivity index (χ1n) is 4.82. The second kappa shape index (κ2) is 6.06. The van der Waals surface area contributed by atoms with Crippen LogP contribution in [0.25, 0.3) is 0 Å². The molecule has 1 fully saturated rings. The van der Waals surface area contributed by atoms with Gasteiger partial charge in [-0.15, -0.1) is 0 Å². The molecule has 0 amide bonds. The summed E-state index contributed by atoms with van der Waals surface area (Å²) < 4.78 is 9.09. The molecule has 0 aliphatic carbocycles. The molecule has 1 saturated heterocycles. The molecule has 7 nitrogen and oxygen atoms in total. The number of carbonyl (C=O) groups is 3. The third kappa shape index (κ3) is 3.50. The fraction of sp³-hybridized carbons (Fsp3) is 0.667. The second-order valence-electron chi connectivity index (χ2n) is 3.31. The average molecular weight is 232 g/mol. The Morgan fingerprint density at radius 1 is 1.31 bits per heavy atom. The van der Waals surface area contributed by atoms with Gasteiger partial charge in [0.1, 0.15) is 0 Å². The van der Waals surface area contributed by atoms with Crippen molar-refractivity contribution in [3.8, 4) is 0 Å². The lowest BCUT2D eigenvalue weighted by Gasteiger charge is -2.19. The van der Waals surface area contributed by atoms with Crippen molar-refractivity contribution >= 4 is 17.9 Å². The number of cyclic esters (lactones) is 2. The number of unbranched alkanes of at least 4 members (excludes halogenated alkanes) is 1. The lowest BCUT2D eigenvalue weighted by Crippen LogP contribution is -2.34. The maximum atomic E-state index is 11.1. The topological polar surface area (TPSA) is 99.1 Å².